The van der Waals surface area contributed by atoms with Gasteiger partial charge in [0.2, 0.25) is 0 Å². The Hall–Kier alpha value is -1.71. The SMILES string of the molecule is O=C(c1cccc(Cl)c1)c1ccc(CN2CCCC2)c(F)c1. The van der Waals surface area contributed by atoms with Crippen LogP contribution in [0.2, 0.25) is 5.02 Å². The van der Waals surface area contributed by atoms with Crippen molar-refractivity contribution >= 4 is 17.4 Å². The first-order valence-corrected chi connectivity index (χ1v) is 7.82. The molecule has 0 unspecified atom stereocenters. The van der Waals surface area contributed by atoms with Gasteiger partial charge in [0.1, 0.15) is 5.82 Å². The highest BCUT2D eigenvalue weighted by molar-refractivity contribution is 6.31. The van der Waals surface area contributed by atoms with Crippen molar-refractivity contribution in [1.82, 2.24) is 4.90 Å². The third kappa shape index (κ3) is 3.37. The lowest BCUT2D eigenvalue weighted by atomic mass is 10.0. The monoisotopic (exact) mass is 317 g/mol. The van der Waals surface area contributed by atoms with Crippen molar-refractivity contribution in [3.63, 3.8) is 0 Å². The maximum Gasteiger partial charge on any atom is 0.193 e. The average Bonchev–Trinajstić information content (AvgIpc) is 3.01. The maximum atomic E-state index is 14.3. The number of likely N-dealkylation sites (tertiary alicyclic amines) is 1. The molecule has 1 aliphatic heterocycles. The predicted octanol–water partition coefficient (Wildman–Crippen LogP) is 4.31. The zero-order valence-electron chi connectivity index (χ0n) is 12.2. The largest absolute Gasteiger partial charge is 0.299 e. The maximum absolute atomic E-state index is 14.3. The van der Waals surface area contributed by atoms with Crippen LogP contribution in [0, 0.1) is 5.82 Å². The van der Waals surface area contributed by atoms with Crippen molar-refractivity contribution in [1.29, 1.82) is 0 Å². The van der Waals surface area contributed by atoms with Crippen LogP contribution in [0.3, 0.4) is 0 Å². The number of benzene rings is 2. The van der Waals surface area contributed by atoms with Gasteiger partial charge >= 0.3 is 0 Å². The van der Waals surface area contributed by atoms with E-state index in [4.69, 9.17) is 11.6 Å². The Morgan fingerprint density at radius 1 is 1.09 bits per heavy atom. The molecule has 1 heterocycles. The predicted molar refractivity (Wildman–Crippen MR) is 85.8 cm³/mol. The van der Waals surface area contributed by atoms with E-state index in [2.05, 4.69) is 4.90 Å². The third-order valence-electron chi connectivity index (χ3n) is 3.99. The fourth-order valence-electron chi connectivity index (χ4n) is 2.79. The highest BCUT2D eigenvalue weighted by Gasteiger charge is 2.16. The van der Waals surface area contributed by atoms with E-state index in [0.717, 1.165) is 13.1 Å². The number of carbonyl (C=O) groups is 1. The van der Waals surface area contributed by atoms with Gasteiger partial charge in [0.25, 0.3) is 0 Å². The van der Waals surface area contributed by atoms with Gasteiger partial charge in [-0.05, 0) is 44.1 Å². The van der Waals surface area contributed by atoms with Crippen LogP contribution in [0.4, 0.5) is 4.39 Å². The highest BCUT2D eigenvalue weighted by Crippen LogP contribution is 2.19. The Kier molecular flexibility index (Phi) is 4.55. The molecule has 1 fully saturated rings. The minimum Gasteiger partial charge on any atom is -0.299 e. The molecule has 0 aromatic heterocycles. The van der Waals surface area contributed by atoms with Crippen molar-refractivity contribution < 1.29 is 9.18 Å². The molecule has 114 valence electrons. The van der Waals surface area contributed by atoms with E-state index < -0.39 is 0 Å². The molecule has 0 spiro atoms. The molecular formula is C18H17ClFNO. The summed E-state index contributed by atoms with van der Waals surface area (Å²) in [6, 6.07) is 11.4. The van der Waals surface area contributed by atoms with Crippen LogP contribution in [0.1, 0.15) is 34.3 Å². The van der Waals surface area contributed by atoms with E-state index in [0.29, 0.717) is 28.3 Å². The summed E-state index contributed by atoms with van der Waals surface area (Å²) < 4.78 is 14.3. The van der Waals surface area contributed by atoms with Gasteiger partial charge in [-0.2, -0.15) is 0 Å². The molecule has 4 heteroatoms. The van der Waals surface area contributed by atoms with Crippen LogP contribution < -0.4 is 0 Å². The van der Waals surface area contributed by atoms with Crippen molar-refractivity contribution in [3.8, 4) is 0 Å². The zero-order chi connectivity index (χ0) is 15.5. The normalized spacial score (nSPS) is 15.2. The van der Waals surface area contributed by atoms with Crippen molar-refractivity contribution in [2.24, 2.45) is 0 Å². The molecule has 0 atom stereocenters. The number of rotatable bonds is 4. The minimum atomic E-state index is -0.320. The molecule has 0 bridgehead atoms. The average molecular weight is 318 g/mol. The number of hydrogen-bond acceptors (Lipinski definition) is 2. The summed E-state index contributed by atoms with van der Waals surface area (Å²) in [4.78, 5) is 14.6. The summed E-state index contributed by atoms with van der Waals surface area (Å²) in [6.45, 7) is 2.64. The molecule has 1 saturated heterocycles. The summed E-state index contributed by atoms with van der Waals surface area (Å²) in [5.41, 5.74) is 1.47. The Labute approximate surface area is 134 Å². The number of halogens is 2. The molecule has 0 aliphatic carbocycles. The molecule has 2 aromatic rings. The molecular weight excluding hydrogens is 301 g/mol. The number of ketones is 1. The Morgan fingerprint density at radius 3 is 2.50 bits per heavy atom. The summed E-state index contributed by atoms with van der Waals surface area (Å²) in [5.74, 6) is -0.533. The van der Waals surface area contributed by atoms with Crippen molar-refractivity contribution in [2.75, 3.05) is 13.1 Å². The highest BCUT2D eigenvalue weighted by atomic mass is 35.5. The Morgan fingerprint density at radius 2 is 1.82 bits per heavy atom. The number of nitrogens with zero attached hydrogens (tertiary/aromatic N) is 1. The lowest BCUT2D eigenvalue weighted by Gasteiger charge is -2.15. The van der Waals surface area contributed by atoms with Crippen LogP contribution >= 0.6 is 11.6 Å². The summed E-state index contributed by atoms with van der Waals surface area (Å²) in [6.07, 6.45) is 2.35. The summed E-state index contributed by atoms with van der Waals surface area (Å²) in [5, 5.41) is 0.497. The summed E-state index contributed by atoms with van der Waals surface area (Å²) >= 11 is 5.90. The van der Waals surface area contributed by atoms with Gasteiger partial charge in [0.15, 0.2) is 5.78 Å². The van der Waals surface area contributed by atoms with E-state index in [1.807, 2.05) is 0 Å². The van der Waals surface area contributed by atoms with Crippen molar-refractivity contribution in [3.05, 3.63) is 70.0 Å². The van der Waals surface area contributed by atoms with Gasteiger partial charge in [-0.15, -0.1) is 0 Å². The first-order valence-electron chi connectivity index (χ1n) is 7.44. The Balaban J connectivity index is 1.80. The van der Waals surface area contributed by atoms with E-state index in [1.165, 1.54) is 18.9 Å². The van der Waals surface area contributed by atoms with Gasteiger partial charge in [0, 0.05) is 28.3 Å². The van der Waals surface area contributed by atoms with E-state index in [-0.39, 0.29) is 11.6 Å². The van der Waals surface area contributed by atoms with Gasteiger partial charge in [-0.1, -0.05) is 35.9 Å². The third-order valence-corrected chi connectivity index (χ3v) is 4.23. The van der Waals surface area contributed by atoms with Crippen LogP contribution in [-0.2, 0) is 6.54 Å². The second-order valence-corrected chi connectivity index (χ2v) is 6.07. The molecule has 3 rings (SSSR count). The lowest BCUT2D eigenvalue weighted by Crippen LogP contribution is -2.19. The Bertz CT molecular complexity index is 695. The molecule has 0 saturated carbocycles. The zero-order valence-corrected chi connectivity index (χ0v) is 12.9. The molecule has 0 amide bonds. The minimum absolute atomic E-state index is 0.214. The fourth-order valence-corrected chi connectivity index (χ4v) is 2.99. The lowest BCUT2D eigenvalue weighted by molar-refractivity contribution is 0.103. The van der Waals surface area contributed by atoms with Gasteiger partial charge in [-0.25, -0.2) is 4.39 Å². The standard InChI is InChI=1S/C18H17ClFNO/c19-16-5-3-4-13(10-16)18(22)14-6-7-15(17(20)11-14)12-21-8-1-2-9-21/h3-7,10-11H,1-2,8-9,12H2. The van der Waals surface area contributed by atoms with Crippen molar-refractivity contribution in [2.45, 2.75) is 19.4 Å². The van der Waals surface area contributed by atoms with Gasteiger partial charge in [0.05, 0.1) is 0 Å². The fraction of sp³-hybridized carbons (Fsp3) is 0.278. The van der Waals surface area contributed by atoms with Crippen LogP contribution in [0.25, 0.3) is 0 Å². The molecule has 2 nitrogen and oxygen atoms in total. The van der Waals surface area contributed by atoms with E-state index >= 15 is 0 Å². The molecule has 0 radical (unpaired) electrons. The number of hydrogen-bond donors (Lipinski definition) is 0. The first-order chi connectivity index (χ1) is 10.6. The molecule has 2 aromatic carbocycles. The van der Waals surface area contributed by atoms with E-state index in [9.17, 15) is 9.18 Å². The smallest absolute Gasteiger partial charge is 0.193 e. The molecule has 22 heavy (non-hydrogen) atoms. The first kappa shape index (κ1) is 15.2. The van der Waals surface area contributed by atoms with Crippen LogP contribution in [0.15, 0.2) is 42.5 Å². The van der Waals surface area contributed by atoms with Crippen LogP contribution in [-0.4, -0.2) is 23.8 Å². The summed E-state index contributed by atoms with van der Waals surface area (Å²) in [7, 11) is 0. The van der Waals surface area contributed by atoms with Gasteiger partial charge < -0.3 is 0 Å². The molecule has 0 N–H and O–H groups in total. The van der Waals surface area contributed by atoms with Crippen LogP contribution in [0.5, 0.6) is 0 Å². The quantitative estimate of drug-likeness (QED) is 0.783. The van der Waals surface area contributed by atoms with Gasteiger partial charge in [-0.3, -0.25) is 9.69 Å². The topological polar surface area (TPSA) is 20.3 Å². The molecule has 1 aliphatic rings. The second kappa shape index (κ2) is 6.59. The number of carbonyl (C=O) groups excluding carboxylic acids is 1. The van der Waals surface area contributed by atoms with E-state index in [1.54, 1.807) is 36.4 Å². The second-order valence-electron chi connectivity index (χ2n) is 5.63.